The SMILES string of the molecule is Cc1cc(F)c(Nc2cccc(Br)c2C#N)cc1F. The Bertz CT molecular complexity index is 678. The van der Waals surface area contributed by atoms with Crippen LogP contribution in [0.15, 0.2) is 34.8 Å². The number of anilines is 2. The molecule has 0 saturated carbocycles. The Morgan fingerprint density at radius 3 is 2.58 bits per heavy atom. The molecular formula is C14H9BrF2N2. The molecule has 5 heteroatoms. The average Bonchev–Trinajstić information content (AvgIpc) is 2.36. The van der Waals surface area contributed by atoms with E-state index in [2.05, 4.69) is 21.2 Å². The summed E-state index contributed by atoms with van der Waals surface area (Å²) in [5.74, 6) is -1.07. The van der Waals surface area contributed by atoms with Crippen LogP contribution in [0, 0.1) is 29.9 Å². The standard InChI is InChI=1S/C14H9BrF2N2/c1-8-5-12(17)14(6-11(8)16)19-13-4-2-3-10(15)9(13)7-18/h2-6,19H,1H3. The van der Waals surface area contributed by atoms with Gasteiger partial charge in [0.25, 0.3) is 0 Å². The molecule has 0 aliphatic rings. The molecule has 0 saturated heterocycles. The topological polar surface area (TPSA) is 35.8 Å². The Morgan fingerprint density at radius 2 is 1.89 bits per heavy atom. The number of aryl methyl sites for hydroxylation is 1. The Balaban J connectivity index is 2.45. The highest BCUT2D eigenvalue weighted by molar-refractivity contribution is 9.10. The van der Waals surface area contributed by atoms with Crippen LogP contribution in [0.2, 0.25) is 0 Å². The number of hydrogen-bond donors (Lipinski definition) is 1. The fourth-order valence-corrected chi connectivity index (χ4v) is 2.08. The van der Waals surface area contributed by atoms with Gasteiger partial charge in [0, 0.05) is 10.5 Å². The zero-order valence-electron chi connectivity index (χ0n) is 9.97. The first-order valence-corrected chi connectivity index (χ1v) is 6.23. The number of rotatable bonds is 2. The van der Waals surface area contributed by atoms with Crippen molar-refractivity contribution in [1.29, 1.82) is 5.26 Å². The monoisotopic (exact) mass is 322 g/mol. The molecule has 2 aromatic carbocycles. The lowest BCUT2D eigenvalue weighted by molar-refractivity contribution is 0.595. The third-order valence-corrected chi connectivity index (χ3v) is 3.30. The van der Waals surface area contributed by atoms with E-state index in [1.165, 1.54) is 6.92 Å². The fraction of sp³-hybridized carbons (Fsp3) is 0.0714. The van der Waals surface area contributed by atoms with E-state index in [-0.39, 0.29) is 11.3 Å². The van der Waals surface area contributed by atoms with Gasteiger partial charge in [0.05, 0.1) is 16.9 Å². The Kier molecular flexibility index (Phi) is 3.82. The van der Waals surface area contributed by atoms with Gasteiger partial charge in [0.15, 0.2) is 0 Å². The summed E-state index contributed by atoms with van der Waals surface area (Å²) in [6.07, 6.45) is 0. The quantitative estimate of drug-likeness (QED) is 0.873. The van der Waals surface area contributed by atoms with Crippen molar-refractivity contribution in [2.24, 2.45) is 0 Å². The minimum atomic E-state index is -0.567. The van der Waals surface area contributed by atoms with E-state index in [4.69, 9.17) is 5.26 Å². The highest BCUT2D eigenvalue weighted by Gasteiger charge is 2.11. The Labute approximate surface area is 117 Å². The van der Waals surface area contributed by atoms with Gasteiger partial charge in [-0.25, -0.2) is 8.78 Å². The highest BCUT2D eigenvalue weighted by Crippen LogP contribution is 2.28. The number of nitrogens with one attached hydrogen (secondary N) is 1. The van der Waals surface area contributed by atoms with Crippen LogP contribution in [0.25, 0.3) is 0 Å². The van der Waals surface area contributed by atoms with Crippen LogP contribution in [0.5, 0.6) is 0 Å². The van der Waals surface area contributed by atoms with E-state index >= 15 is 0 Å². The van der Waals surface area contributed by atoms with E-state index in [9.17, 15) is 8.78 Å². The van der Waals surface area contributed by atoms with Crippen molar-refractivity contribution in [3.8, 4) is 6.07 Å². The molecule has 0 radical (unpaired) electrons. The van der Waals surface area contributed by atoms with Gasteiger partial charge in [-0.1, -0.05) is 6.07 Å². The fourth-order valence-electron chi connectivity index (χ4n) is 1.63. The molecule has 0 heterocycles. The third kappa shape index (κ3) is 2.74. The van der Waals surface area contributed by atoms with Gasteiger partial charge in [-0.3, -0.25) is 0 Å². The van der Waals surface area contributed by atoms with Crippen molar-refractivity contribution in [2.45, 2.75) is 6.92 Å². The number of nitrogens with zero attached hydrogens (tertiary/aromatic N) is 1. The minimum Gasteiger partial charge on any atom is -0.352 e. The molecule has 1 N–H and O–H groups in total. The largest absolute Gasteiger partial charge is 0.352 e. The molecule has 19 heavy (non-hydrogen) atoms. The molecule has 96 valence electrons. The van der Waals surface area contributed by atoms with Gasteiger partial charge >= 0.3 is 0 Å². The van der Waals surface area contributed by atoms with Crippen molar-refractivity contribution in [2.75, 3.05) is 5.32 Å². The van der Waals surface area contributed by atoms with E-state index in [0.29, 0.717) is 15.7 Å². The smallest absolute Gasteiger partial charge is 0.147 e. The lowest BCUT2D eigenvalue weighted by Gasteiger charge is -2.11. The maximum absolute atomic E-state index is 13.7. The molecule has 0 aromatic heterocycles. The average molecular weight is 323 g/mol. The molecule has 0 unspecified atom stereocenters. The van der Waals surface area contributed by atoms with Crippen molar-refractivity contribution in [3.05, 3.63) is 57.6 Å². The summed E-state index contributed by atoms with van der Waals surface area (Å²) in [5, 5.41) is 11.8. The van der Waals surface area contributed by atoms with E-state index in [1.54, 1.807) is 18.2 Å². The minimum absolute atomic E-state index is 0.00213. The van der Waals surface area contributed by atoms with Crippen LogP contribution in [0.4, 0.5) is 20.2 Å². The summed E-state index contributed by atoms with van der Waals surface area (Å²) >= 11 is 3.23. The first-order chi connectivity index (χ1) is 9.02. The van der Waals surface area contributed by atoms with Crippen molar-refractivity contribution in [1.82, 2.24) is 0 Å². The summed E-state index contributed by atoms with van der Waals surface area (Å²) in [5.41, 5.74) is 0.984. The first kappa shape index (κ1) is 13.5. The van der Waals surface area contributed by atoms with Crippen molar-refractivity contribution in [3.63, 3.8) is 0 Å². The van der Waals surface area contributed by atoms with Gasteiger partial charge in [-0.05, 0) is 46.6 Å². The van der Waals surface area contributed by atoms with Gasteiger partial charge in [-0.2, -0.15) is 5.26 Å². The first-order valence-electron chi connectivity index (χ1n) is 5.44. The summed E-state index contributed by atoms with van der Waals surface area (Å²) in [7, 11) is 0. The summed E-state index contributed by atoms with van der Waals surface area (Å²) in [6, 6.07) is 9.23. The molecule has 0 fully saturated rings. The van der Waals surface area contributed by atoms with Crippen LogP contribution in [-0.4, -0.2) is 0 Å². The van der Waals surface area contributed by atoms with Crippen molar-refractivity contribution < 1.29 is 8.78 Å². The lowest BCUT2D eigenvalue weighted by Crippen LogP contribution is -1.99. The molecule has 0 bridgehead atoms. The van der Waals surface area contributed by atoms with Crippen molar-refractivity contribution >= 4 is 27.3 Å². The number of halogens is 3. The molecule has 0 aliphatic heterocycles. The van der Waals surface area contributed by atoms with E-state index in [0.717, 1.165) is 12.1 Å². The zero-order chi connectivity index (χ0) is 14.0. The zero-order valence-corrected chi connectivity index (χ0v) is 11.6. The van der Waals surface area contributed by atoms with Crippen LogP contribution >= 0.6 is 15.9 Å². The second-order valence-corrected chi connectivity index (χ2v) is 4.83. The van der Waals surface area contributed by atoms with Crippen LogP contribution in [0.3, 0.4) is 0 Å². The maximum Gasteiger partial charge on any atom is 0.147 e. The Morgan fingerprint density at radius 1 is 1.16 bits per heavy atom. The predicted octanol–water partition coefficient (Wildman–Crippen LogP) is 4.65. The van der Waals surface area contributed by atoms with Gasteiger partial charge in [0.1, 0.15) is 17.7 Å². The molecular weight excluding hydrogens is 314 g/mol. The van der Waals surface area contributed by atoms with Crippen LogP contribution < -0.4 is 5.32 Å². The molecule has 2 nitrogen and oxygen atoms in total. The lowest BCUT2D eigenvalue weighted by atomic mass is 10.1. The predicted molar refractivity (Wildman–Crippen MR) is 73.2 cm³/mol. The van der Waals surface area contributed by atoms with Crippen LogP contribution in [0.1, 0.15) is 11.1 Å². The number of nitriles is 1. The third-order valence-electron chi connectivity index (χ3n) is 2.64. The number of benzene rings is 2. The van der Waals surface area contributed by atoms with E-state index in [1.807, 2.05) is 6.07 Å². The molecule has 0 amide bonds. The Hall–Kier alpha value is -1.93. The molecule has 0 aliphatic carbocycles. The second-order valence-electron chi connectivity index (χ2n) is 3.98. The summed E-state index contributed by atoms with van der Waals surface area (Å²) < 4.78 is 27.8. The van der Waals surface area contributed by atoms with Gasteiger partial charge in [-0.15, -0.1) is 0 Å². The second kappa shape index (κ2) is 5.37. The maximum atomic E-state index is 13.7. The van der Waals surface area contributed by atoms with Gasteiger partial charge in [0.2, 0.25) is 0 Å². The number of hydrogen-bond acceptors (Lipinski definition) is 2. The molecule has 2 rings (SSSR count). The normalized spacial score (nSPS) is 10.1. The highest BCUT2D eigenvalue weighted by atomic mass is 79.9. The summed E-state index contributed by atoms with van der Waals surface area (Å²) in [4.78, 5) is 0. The van der Waals surface area contributed by atoms with Crippen LogP contribution in [-0.2, 0) is 0 Å². The molecule has 0 spiro atoms. The molecule has 0 atom stereocenters. The van der Waals surface area contributed by atoms with E-state index < -0.39 is 11.6 Å². The summed E-state index contributed by atoms with van der Waals surface area (Å²) in [6.45, 7) is 1.49. The van der Waals surface area contributed by atoms with Gasteiger partial charge < -0.3 is 5.32 Å². The molecule has 2 aromatic rings.